The van der Waals surface area contributed by atoms with Crippen LogP contribution in [0.15, 0.2) is 52.0 Å². The molecule has 2 rings (SSSR count). The molecule has 0 unspecified atom stereocenters. The molecule has 1 heterocycles. The minimum atomic E-state index is -3.63. The van der Waals surface area contributed by atoms with Gasteiger partial charge in [0.2, 0.25) is 15.9 Å². The molecule has 124 valence electrons. The SMILES string of the molecule is CC(=O)N(CCNS(=O)(=O)c1ccc(Cl)cc1)Cc1ccco1. The largest absolute Gasteiger partial charge is 0.467 e. The maximum Gasteiger partial charge on any atom is 0.240 e. The average molecular weight is 357 g/mol. The summed E-state index contributed by atoms with van der Waals surface area (Å²) >= 11 is 5.74. The number of nitrogens with zero attached hydrogens (tertiary/aromatic N) is 1. The highest BCUT2D eigenvalue weighted by Gasteiger charge is 2.16. The van der Waals surface area contributed by atoms with Crippen LogP contribution in [0.25, 0.3) is 0 Å². The number of nitrogens with one attached hydrogen (secondary N) is 1. The zero-order valence-electron chi connectivity index (χ0n) is 12.5. The molecule has 1 aromatic heterocycles. The zero-order chi connectivity index (χ0) is 16.9. The highest BCUT2D eigenvalue weighted by Crippen LogP contribution is 2.13. The van der Waals surface area contributed by atoms with Gasteiger partial charge in [0.05, 0.1) is 17.7 Å². The summed E-state index contributed by atoms with van der Waals surface area (Å²) in [6, 6.07) is 9.36. The van der Waals surface area contributed by atoms with Gasteiger partial charge in [0.15, 0.2) is 0 Å². The van der Waals surface area contributed by atoms with E-state index in [0.29, 0.717) is 17.3 Å². The molecule has 0 aliphatic heterocycles. The van der Waals surface area contributed by atoms with Crippen LogP contribution in [0.1, 0.15) is 12.7 Å². The van der Waals surface area contributed by atoms with Crippen LogP contribution < -0.4 is 4.72 Å². The van der Waals surface area contributed by atoms with Crippen molar-refractivity contribution >= 4 is 27.5 Å². The quantitative estimate of drug-likeness (QED) is 0.825. The van der Waals surface area contributed by atoms with Crippen molar-refractivity contribution in [1.82, 2.24) is 9.62 Å². The number of amides is 1. The Labute approximate surface area is 140 Å². The molecule has 2 aromatic rings. The third-order valence-corrected chi connectivity index (χ3v) is 4.90. The molecule has 0 saturated carbocycles. The van der Waals surface area contributed by atoms with Crippen LogP contribution in [0.2, 0.25) is 5.02 Å². The third kappa shape index (κ3) is 5.09. The molecule has 0 aliphatic carbocycles. The van der Waals surface area contributed by atoms with Gasteiger partial charge in [0.1, 0.15) is 5.76 Å². The zero-order valence-corrected chi connectivity index (χ0v) is 14.1. The lowest BCUT2D eigenvalue weighted by Gasteiger charge is -2.20. The fourth-order valence-corrected chi connectivity index (χ4v) is 3.10. The number of hydrogen-bond acceptors (Lipinski definition) is 4. The van der Waals surface area contributed by atoms with Gasteiger partial charge in [-0.3, -0.25) is 4.79 Å². The molecule has 1 aromatic carbocycles. The first-order chi connectivity index (χ1) is 10.9. The van der Waals surface area contributed by atoms with Crippen molar-refractivity contribution in [3.8, 4) is 0 Å². The van der Waals surface area contributed by atoms with Crippen molar-refractivity contribution in [2.45, 2.75) is 18.4 Å². The summed E-state index contributed by atoms with van der Waals surface area (Å²) in [5.74, 6) is 0.479. The Hall–Kier alpha value is -1.83. The smallest absolute Gasteiger partial charge is 0.240 e. The molecule has 1 amide bonds. The van der Waals surface area contributed by atoms with Gasteiger partial charge in [-0.2, -0.15) is 0 Å². The van der Waals surface area contributed by atoms with Gasteiger partial charge in [-0.15, -0.1) is 0 Å². The van der Waals surface area contributed by atoms with E-state index in [1.165, 1.54) is 42.4 Å². The lowest BCUT2D eigenvalue weighted by atomic mass is 10.4. The van der Waals surface area contributed by atoms with E-state index < -0.39 is 10.0 Å². The number of rotatable bonds is 7. The Balaban J connectivity index is 1.93. The fourth-order valence-electron chi connectivity index (χ4n) is 1.95. The van der Waals surface area contributed by atoms with Crippen LogP contribution in [0, 0.1) is 0 Å². The second-order valence-electron chi connectivity index (χ2n) is 4.87. The minimum Gasteiger partial charge on any atom is -0.467 e. The molecule has 0 fully saturated rings. The van der Waals surface area contributed by atoms with Crippen molar-refractivity contribution in [1.29, 1.82) is 0 Å². The van der Waals surface area contributed by atoms with Crippen molar-refractivity contribution < 1.29 is 17.6 Å². The fraction of sp³-hybridized carbons (Fsp3) is 0.267. The summed E-state index contributed by atoms with van der Waals surface area (Å²) in [7, 11) is -3.63. The number of carbonyl (C=O) groups excluding carboxylic acids is 1. The first-order valence-corrected chi connectivity index (χ1v) is 8.78. The van der Waals surface area contributed by atoms with Crippen LogP contribution in [-0.4, -0.2) is 32.3 Å². The highest BCUT2D eigenvalue weighted by atomic mass is 35.5. The van der Waals surface area contributed by atoms with Gasteiger partial charge in [-0.05, 0) is 36.4 Å². The van der Waals surface area contributed by atoms with E-state index in [2.05, 4.69) is 4.72 Å². The predicted molar refractivity (Wildman–Crippen MR) is 86.4 cm³/mol. The van der Waals surface area contributed by atoms with Crippen LogP contribution in [0.4, 0.5) is 0 Å². The van der Waals surface area contributed by atoms with Gasteiger partial charge in [-0.25, -0.2) is 13.1 Å². The molecule has 0 radical (unpaired) electrons. The number of hydrogen-bond donors (Lipinski definition) is 1. The number of halogens is 1. The summed E-state index contributed by atoms with van der Waals surface area (Å²) in [4.78, 5) is 13.3. The van der Waals surface area contributed by atoms with Gasteiger partial charge in [0, 0.05) is 25.0 Å². The number of furan rings is 1. The van der Waals surface area contributed by atoms with E-state index in [1.54, 1.807) is 12.1 Å². The van der Waals surface area contributed by atoms with E-state index in [-0.39, 0.29) is 23.9 Å². The summed E-state index contributed by atoms with van der Waals surface area (Å²) in [5, 5.41) is 0.463. The predicted octanol–water partition coefficient (Wildman–Crippen LogP) is 2.26. The van der Waals surface area contributed by atoms with Gasteiger partial charge in [0.25, 0.3) is 0 Å². The Morgan fingerprint density at radius 1 is 1.26 bits per heavy atom. The number of sulfonamides is 1. The van der Waals surface area contributed by atoms with Crippen LogP contribution in [0.3, 0.4) is 0 Å². The average Bonchev–Trinajstić information content (AvgIpc) is 2.99. The first-order valence-electron chi connectivity index (χ1n) is 6.91. The Kier molecular flexibility index (Phi) is 5.81. The van der Waals surface area contributed by atoms with E-state index in [1.807, 2.05) is 0 Å². The van der Waals surface area contributed by atoms with Crippen LogP contribution in [0.5, 0.6) is 0 Å². The molecule has 0 saturated heterocycles. The summed E-state index contributed by atoms with van der Waals surface area (Å²) in [5.41, 5.74) is 0. The molecule has 0 bridgehead atoms. The van der Waals surface area contributed by atoms with E-state index >= 15 is 0 Å². The van der Waals surface area contributed by atoms with Gasteiger partial charge < -0.3 is 9.32 Å². The van der Waals surface area contributed by atoms with Crippen LogP contribution in [-0.2, 0) is 21.4 Å². The van der Waals surface area contributed by atoms with Gasteiger partial charge >= 0.3 is 0 Å². The van der Waals surface area contributed by atoms with Crippen molar-refractivity contribution in [3.05, 3.63) is 53.4 Å². The molecule has 6 nitrogen and oxygen atoms in total. The van der Waals surface area contributed by atoms with Crippen molar-refractivity contribution in [2.75, 3.05) is 13.1 Å². The molecule has 8 heteroatoms. The maximum absolute atomic E-state index is 12.1. The molecule has 23 heavy (non-hydrogen) atoms. The summed E-state index contributed by atoms with van der Waals surface area (Å²) in [6.07, 6.45) is 1.52. The molecular formula is C15H17ClN2O4S. The minimum absolute atomic E-state index is 0.102. The third-order valence-electron chi connectivity index (χ3n) is 3.17. The van der Waals surface area contributed by atoms with Crippen molar-refractivity contribution in [3.63, 3.8) is 0 Å². The van der Waals surface area contributed by atoms with E-state index in [0.717, 1.165) is 0 Å². The lowest BCUT2D eigenvalue weighted by molar-refractivity contribution is -0.129. The normalized spacial score (nSPS) is 11.4. The Bertz CT molecular complexity index is 742. The molecule has 0 spiro atoms. The molecular weight excluding hydrogens is 340 g/mol. The Morgan fingerprint density at radius 2 is 1.96 bits per heavy atom. The number of carbonyl (C=O) groups is 1. The maximum atomic E-state index is 12.1. The second kappa shape index (κ2) is 7.63. The Morgan fingerprint density at radius 3 is 2.52 bits per heavy atom. The molecule has 0 aliphatic rings. The monoisotopic (exact) mass is 356 g/mol. The summed E-state index contributed by atoms with van der Waals surface area (Å²) < 4.78 is 31.9. The second-order valence-corrected chi connectivity index (χ2v) is 7.08. The first kappa shape index (κ1) is 17.5. The van der Waals surface area contributed by atoms with Crippen LogP contribution >= 0.6 is 11.6 Å². The standard InChI is InChI=1S/C15H17ClN2O4S/c1-12(19)18(11-14-3-2-10-22-14)9-8-17-23(20,21)15-6-4-13(16)5-7-15/h2-7,10,17H,8-9,11H2,1H3. The van der Waals surface area contributed by atoms with Crippen molar-refractivity contribution in [2.24, 2.45) is 0 Å². The summed E-state index contributed by atoms with van der Waals surface area (Å²) in [6.45, 7) is 2.07. The van der Waals surface area contributed by atoms with E-state index in [9.17, 15) is 13.2 Å². The topological polar surface area (TPSA) is 79.6 Å². The molecule has 0 atom stereocenters. The lowest BCUT2D eigenvalue weighted by Crippen LogP contribution is -2.37. The number of benzene rings is 1. The van der Waals surface area contributed by atoms with E-state index in [4.69, 9.17) is 16.0 Å². The van der Waals surface area contributed by atoms with Gasteiger partial charge in [-0.1, -0.05) is 11.6 Å². The molecule has 1 N–H and O–H groups in total. The highest BCUT2D eigenvalue weighted by molar-refractivity contribution is 7.89.